The number of aromatic nitrogens is 1. The van der Waals surface area contributed by atoms with Crippen LogP contribution in [0.2, 0.25) is 0 Å². The molecule has 0 amide bonds. The van der Waals surface area contributed by atoms with Crippen LogP contribution >= 0.6 is 11.3 Å². The number of hydrogen-bond donors (Lipinski definition) is 0. The molecule has 8 aromatic carbocycles. The summed E-state index contributed by atoms with van der Waals surface area (Å²) in [5.41, 5.74) is 14.0. The molecule has 0 fully saturated rings. The molecule has 0 aliphatic carbocycles. The van der Waals surface area contributed by atoms with Crippen LogP contribution in [0.3, 0.4) is 0 Å². The highest BCUT2D eigenvalue weighted by Crippen LogP contribution is 2.54. The van der Waals surface area contributed by atoms with E-state index in [1.54, 1.807) is 6.08 Å². The second-order valence-corrected chi connectivity index (χ2v) is 15.5. The van der Waals surface area contributed by atoms with Crippen molar-refractivity contribution >= 4 is 82.5 Å². The van der Waals surface area contributed by atoms with E-state index >= 15 is 0 Å². The third kappa shape index (κ3) is 6.56. The van der Waals surface area contributed by atoms with E-state index in [-0.39, 0.29) is 0 Å². The van der Waals surface area contributed by atoms with Crippen LogP contribution < -0.4 is 4.90 Å². The molecule has 0 aliphatic rings. The van der Waals surface area contributed by atoms with Crippen LogP contribution in [0.1, 0.15) is 25.0 Å². The Hall–Kier alpha value is -7.20. The summed E-state index contributed by atoms with van der Waals surface area (Å²) in [6, 6.07) is 65.8. The van der Waals surface area contributed by atoms with Crippen LogP contribution in [0.4, 0.5) is 17.1 Å². The molecule has 284 valence electrons. The molecule has 2 heterocycles. The first-order valence-electron chi connectivity index (χ1n) is 20.1. The van der Waals surface area contributed by atoms with E-state index < -0.39 is 0 Å². The number of thiophene rings is 1. The summed E-state index contributed by atoms with van der Waals surface area (Å²) in [5, 5.41) is 5.00. The number of nitrogens with zero attached hydrogens (tertiary/aromatic N) is 2. The van der Waals surface area contributed by atoms with Crippen LogP contribution in [0.5, 0.6) is 0 Å². The Morgan fingerprint density at radius 3 is 1.61 bits per heavy atom. The molecule has 10 aromatic rings. The Bertz CT molecular complexity index is 3080. The van der Waals surface area contributed by atoms with Crippen molar-refractivity contribution in [3.05, 3.63) is 218 Å². The van der Waals surface area contributed by atoms with Gasteiger partial charge >= 0.3 is 0 Å². The van der Waals surface area contributed by atoms with Crippen molar-refractivity contribution in [2.24, 2.45) is 0 Å². The SMILES string of the molecule is C=CC.C=Cc1ccc2c(sc3c(-c4ccccc4)c4c5ccc(N(c6ccccc6)c6ccccc6)cc5n(-c5ccccc5)c4c(-c4ccccc4)c32)c1/C=C\C. The second kappa shape index (κ2) is 16.3. The number of rotatable bonds is 8. The molecule has 10 rings (SSSR count). The Kier molecular flexibility index (Phi) is 10.4. The van der Waals surface area contributed by atoms with E-state index in [2.05, 4.69) is 224 Å². The first-order chi connectivity index (χ1) is 29.2. The summed E-state index contributed by atoms with van der Waals surface area (Å²) >= 11 is 1.90. The van der Waals surface area contributed by atoms with Gasteiger partial charge in [-0.1, -0.05) is 164 Å². The zero-order valence-electron chi connectivity index (χ0n) is 33.3. The number of allylic oxidation sites excluding steroid dienone is 2. The third-order valence-electron chi connectivity index (χ3n) is 10.8. The van der Waals surface area contributed by atoms with Gasteiger partial charge in [-0.25, -0.2) is 0 Å². The van der Waals surface area contributed by atoms with Crippen molar-refractivity contribution < 1.29 is 0 Å². The summed E-state index contributed by atoms with van der Waals surface area (Å²) in [6.07, 6.45) is 8.11. The Morgan fingerprint density at radius 1 is 0.525 bits per heavy atom. The molecule has 0 saturated heterocycles. The van der Waals surface area contributed by atoms with E-state index in [1.165, 1.54) is 64.3 Å². The molecule has 2 aromatic heterocycles. The maximum atomic E-state index is 4.20. The lowest BCUT2D eigenvalue weighted by Gasteiger charge is -2.25. The van der Waals surface area contributed by atoms with Gasteiger partial charge in [0.15, 0.2) is 0 Å². The lowest BCUT2D eigenvalue weighted by Crippen LogP contribution is -2.09. The van der Waals surface area contributed by atoms with E-state index in [0.29, 0.717) is 0 Å². The van der Waals surface area contributed by atoms with Crippen molar-refractivity contribution in [2.45, 2.75) is 13.8 Å². The maximum Gasteiger partial charge on any atom is 0.0633 e. The van der Waals surface area contributed by atoms with Crippen molar-refractivity contribution in [3.8, 4) is 27.9 Å². The quantitative estimate of drug-likeness (QED) is 0.140. The summed E-state index contributed by atoms with van der Waals surface area (Å²) in [7, 11) is 0. The predicted octanol–water partition coefficient (Wildman–Crippen LogP) is 16.8. The van der Waals surface area contributed by atoms with Gasteiger partial charge in [0.05, 0.1) is 11.0 Å². The standard InChI is InChI=1S/C53H38N2S.C3H6/c1-3-20-43-36(4-2)31-33-45-50-47(37-21-10-5-11-22-37)51-49(48(53(50)56-52(43)45)38-23-12-6-13-24-38)44-34-32-42(35-46(44)55(51)41-29-18-9-19-30-41)54(39-25-14-7-15-26-39)40-27-16-8-17-28-40;1-3-2/h3-35H,2H2,1H3;3H,1H2,2H3/b20-3-;. The normalized spacial score (nSPS) is 11.3. The zero-order chi connectivity index (χ0) is 40.3. The largest absolute Gasteiger partial charge is 0.310 e. The highest BCUT2D eigenvalue weighted by Gasteiger charge is 2.28. The fraction of sp³-hybridized carbons (Fsp3) is 0.0357. The minimum atomic E-state index is 1.10. The summed E-state index contributed by atoms with van der Waals surface area (Å²) in [5.74, 6) is 0. The van der Waals surface area contributed by atoms with Gasteiger partial charge in [0.2, 0.25) is 0 Å². The average molecular weight is 777 g/mol. The predicted molar refractivity (Wildman–Crippen MR) is 260 cm³/mol. The zero-order valence-corrected chi connectivity index (χ0v) is 34.2. The van der Waals surface area contributed by atoms with Crippen LogP contribution in [0, 0.1) is 0 Å². The first kappa shape index (κ1) is 37.4. The minimum Gasteiger partial charge on any atom is -0.310 e. The summed E-state index contributed by atoms with van der Waals surface area (Å²) in [6.45, 7) is 11.5. The Morgan fingerprint density at radius 2 is 1.05 bits per heavy atom. The van der Waals surface area contributed by atoms with Crippen molar-refractivity contribution in [2.75, 3.05) is 4.90 Å². The minimum absolute atomic E-state index is 1.10. The first-order valence-corrected chi connectivity index (χ1v) is 20.9. The molecular weight excluding hydrogens is 733 g/mol. The average Bonchev–Trinajstić information content (AvgIpc) is 3.84. The molecular formula is C56H44N2S. The number of benzene rings is 8. The number of para-hydroxylation sites is 3. The van der Waals surface area contributed by atoms with E-state index in [0.717, 1.165) is 33.8 Å². The van der Waals surface area contributed by atoms with Gasteiger partial charge in [-0.2, -0.15) is 0 Å². The Balaban J connectivity index is 0.00000145. The number of anilines is 3. The third-order valence-corrected chi connectivity index (χ3v) is 12.1. The number of fused-ring (bicyclic) bond motifs is 6. The van der Waals surface area contributed by atoms with E-state index in [4.69, 9.17) is 0 Å². The maximum absolute atomic E-state index is 4.20. The van der Waals surface area contributed by atoms with Gasteiger partial charge in [0.25, 0.3) is 0 Å². The van der Waals surface area contributed by atoms with Gasteiger partial charge in [0, 0.05) is 64.8 Å². The van der Waals surface area contributed by atoms with Crippen LogP contribution in [0.15, 0.2) is 207 Å². The van der Waals surface area contributed by atoms with Crippen molar-refractivity contribution in [1.29, 1.82) is 0 Å². The van der Waals surface area contributed by atoms with Gasteiger partial charge in [-0.15, -0.1) is 17.9 Å². The molecule has 0 unspecified atom stereocenters. The molecule has 0 aliphatic heterocycles. The van der Waals surface area contributed by atoms with Crippen molar-refractivity contribution in [1.82, 2.24) is 4.57 Å². The smallest absolute Gasteiger partial charge is 0.0633 e. The summed E-state index contributed by atoms with van der Waals surface area (Å²) < 4.78 is 5.08. The Labute approximate surface area is 350 Å². The second-order valence-electron chi connectivity index (χ2n) is 14.4. The lowest BCUT2D eigenvalue weighted by molar-refractivity contribution is 1.18. The van der Waals surface area contributed by atoms with E-state index in [9.17, 15) is 0 Å². The molecule has 0 atom stereocenters. The van der Waals surface area contributed by atoms with Gasteiger partial charge in [0.1, 0.15) is 0 Å². The van der Waals surface area contributed by atoms with Crippen molar-refractivity contribution in [3.63, 3.8) is 0 Å². The van der Waals surface area contributed by atoms with Crippen LogP contribution in [0.25, 0.3) is 82.1 Å². The monoisotopic (exact) mass is 776 g/mol. The topological polar surface area (TPSA) is 8.17 Å². The summed E-state index contributed by atoms with van der Waals surface area (Å²) in [4.78, 5) is 2.36. The molecule has 0 spiro atoms. The fourth-order valence-corrected chi connectivity index (χ4v) is 9.90. The molecule has 3 heteroatoms. The molecule has 0 saturated carbocycles. The highest BCUT2D eigenvalue weighted by atomic mass is 32.1. The molecule has 59 heavy (non-hydrogen) atoms. The van der Waals surface area contributed by atoms with Gasteiger partial charge in [-0.3, -0.25) is 0 Å². The highest BCUT2D eigenvalue weighted by molar-refractivity contribution is 7.27. The molecule has 2 nitrogen and oxygen atoms in total. The lowest BCUT2D eigenvalue weighted by atomic mass is 9.90. The van der Waals surface area contributed by atoms with Gasteiger partial charge in [-0.05, 0) is 84.6 Å². The van der Waals surface area contributed by atoms with E-state index in [1.807, 2.05) is 24.3 Å². The molecule has 0 radical (unpaired) electrons. The molecule has 0 N–H and O–H groups in total. The van der Waals surface area contributed by atoms with Crippen LogP contribution in [-0.2, 0) is 0 Å². The fourth-order valence-electron chi connectivity index (χ4n) is 8.49. The van der Waals surface area contributed by atoms with Gasteiger partial charge < -0.3 is 9.47 Å². The number of hydrogen-bond acceptors (Lipinski definition) is 2. The van der Waals surface area contributed by atoms with Crippen LogP contribution in [-0.4, -0.2) is 4.57 Å². The molecule has 0 bridgehead atoms.